The fourth-order valence-electron chi connectivity index (χ4n) is 1.07. The number of esters is 1. The Hall–Kier alpha value is -1.39. The molecule has 0 fully saturated rings. The lowest BCUT2D eigenvalue weighted by atomic mass is 10.1. The number of methoxy groups -OCH3 is 1. The third-order valence-corrected chi connectivity index (χ3v) is 2.06. The Kier molecular flexibility index (Phi) is 15.5. The highest BCUT2D eigenvalue weighted by Crippen LogP contribution is 2.07. The summed E-state index contributed by atoms with van der Waals surface area (Å²) in [6.45, 7) is 7.20. The van der Waals surface area contributed by atoms with Gasteiger partial charge in [0.25, 0.3) is 0 Å². The third kappa shape index (κ3) is 17.2. The normalized spacial score (nSPS) is 10.5. The van der Waals surface area contributed by atoms with Crippen molar-refractivity contribution in [3.05, 3.63) is 17.6 Å². The number of ether oxygens (including phenoxy) is 1. The van der Waals surface area contributed by atoms with Crippen molar-refractivity contribution in [3.8, 4) is 0 Å². The van der Waals surface area contributed by atoms with E-state index in [0.29, 0.717) is 0 Å². The summed E-state index contributed by atoms with van der Waals surface area (Å²) in [5.41, 5.74) is 0. The Morgan fingerprint density at radius 1 is 1.41 bits per heavy atom. The van der Waals surface area contributed by atoms with E-state index in [1.165, 1.54) is 26.4 Å². The molecule has 0 amide bonds. The van der Waals surface area contributed by atoms with Crippen molar-refractivity contribution in [2.45, 2.75) is 52.1 Å². The largest absolute Gasteiger partial charge is 0.466 e. The molecule has 0 saturated heterocycles. The third-order valence-electron chi connectivity index (χ3n) is 2.06. The first-order chi connectivity index (χ1) is 8.12. The Morgan fingerprint density at radius 3 is 2.41 bits per heavy atom. The topological polar surface area (TPSA) is 65.0 Å². The Balaban J connectivity index is 0. The van der Waals surface area contributed by atoms with Gasteiger partial charge in [-0.1, -0.05) is 32.8 Å². The number of hydrogen-bond acceptors (Lipinski definition) is 5. The van der Waals surface area contributed by atoms with Gasteiger partial charge in [-0.2, -0.15) is 0 Å². The summed E-state index contributed by atoms with van der Waals surface area (Å²) in [4.78, 5) is 24.0. The SMILES string of the molecule is C=CC(=O)OC.CCCCCCC(C)ON=O. The fourth-order valence-corrected chi connectivity index (χ4v) is 1.07. The molecule has 0 aromatic carbocycles. The molecule has 0 aliphatic rings. The van der Waals surface area contributed by atoms with Crippen LogP contribution in [0, 0.1) is 4.91 Å². The smallest absolute Gasteiger partial charge is 0.329 e. The monoisotopic (exact) mass is 245 g/mol. The molecule has 5 heteroatoms. The van der Waals surface area contributed by atoms with E-state index in [9.17, 15) is 9.70 Å². The van der Waals surface area contributed by atoms with Crippen LogP contribution in [0.25, 0.3) is 0 Å². The average Bonchev–Trinajstić information content (AvgIpc) is 2.35. The summed E-state index contributed by atoms with van der Waals surface area (Å²) in [5.74, 6) is -0.394. The molecule has 0 saturated carbocycles. The Morgan fingerprint density at radius 2 is 2.06 bits per heavy atom. The molecule has 0 aromatic heterocycles. The summed E-state index contributed by atoms with van der Waals surface area (Å²) in [5, 5.41) is 2.38. The maximum Gasteiger partial charge on any atom is 0.329 e. The number of hydrogen-bond donors (Lipinski definition) is 0. The Labute approximate surface area is 103 Å². The lowest BCUT2D eigenvalue weighted by Gasteiger charge is -2.05. The Bertz CT molecular complexity index is 207. The van der Waals surface area contributed by atoms with E-state index in [4.69, 9.17) is 0 Å². The minimum Gasteiger partial charge on any atom is -0.466 e. The maximum absolute atomic E-state index is 9.84. The van der Waals surface area contributed by atoms with Crippen LogP contribution in [-0.4, -0.2) is 19.2 Å². The summed E-state index contributed by atoms with van der Waals surface area (Å²) >= 11 is 0. The number of carbonyl (C=O) groups is 1. The molecule has 0 heterocycles. The second kappa shape index (κ2) is 14.6. The molecular weight excluding hydrogens is 222 g/mol. The number of rotatable bonds is 8. The zero-order chi connectivity index (χ0) is 13.5. The average molecular weight is 245 g/mol. The number of unbranched alkanes of at least 4 members (excludes halogenated alkanes) is 3. The van der Waals surface area contributed by atoms with Crippen molar-refractivity contribution in [2.24, 2.45) is 5.34 Å². The highest BCUT2D eigenvalue weighted by Gasteiger charge is 2.00. The van der Waals surface area contributed by atoms with Gasteiger partial charge in [-0.05, 0) is 19.8 Å². The predicted molar refractivity (Wildman–Crippen MR) is 67.3 cm³/mol. The highest BCUT2D eigenvalue weighted by molar-refractivity contribution is 5.80. The van der Waals surface area contributed by atoms with Crippen LogP contribution < -0.4 is 0 Å². The second-order valence-electron chi connectivity index (χ2n) is 3.57. The summed E-state index contributed by atoms with van der Waals surface area (Å²) < 4.78 is 4.14. The fraction of sp³-hybridized carbons (Fsp3) is 0.750. The van der Waals surface area contributed by atoms with Crippen molar-refractivity contribution < 1.29 is 14.4 Å². The van der Waals surface area contributed by atoms with Crippen LogP contribution in [0.2, 0.25) is 0 Å². The first-order valence-corrected chi connectivity index (χ1v) is 5.81. The minimum absolute atomic E-state index is 0.00986. The van der Waals surface area contributed by atoms with Crippen molar-refractivity contribution >= 4 is 5.97 Å². The molecule has 0 radical (unpaired) electrons. The van der Waals surface area contributed by atoms with Gasteiger partial charge in [0.2, 0.25) is 0 Å². The van der Waals surface area contributed by atoms with Crippen LogP contribution in [-0.2, 0) is 14.4 Å². The molecule has 0 aromatic rings. The summed E-state index contributed by atoms with van der Waals surface area (Å²) in [6.07, 6.45) is 6.89. The van der Waals surface area contributed by atoms with E-state index < -0.39 is 5.97 Å². The van der Waals surface area contributed by atoms with Gasteiger partial charge in [-0.15, -0.1) is 4.91 Å². The molecule has 17 heavy (non-hydrogen) atoms. The zero-order valence-electron chi connectivity index (χ0n) is 11.0. The van der Waals surface area contributed by atoms with Crippen molar-refractivity contribution in [1.82, 2.24) is 0 Å². The molecule has 0 spiro atoms. The van der Waals surface area contributed by atoms with E-state index in [1.54, 1.807) is 0 Å². The van der Waals surface area contributed by atoms with E-state index >= 15 is 0 Å². The molecule has 0 N–H and O–H groups in total. The van der Waals surface area contributed by atoms with Crippen LogP contribution in [0.1, 0.15) is 46.0 Å². The van der Waals surface area contributed by atoms with Crippen LogP contribution >= 0.6 is 0 Å². The summed E-state index contributed by atoms with van der Waals surface area (Å²) in [7, 11) is 1.31. The van der Waals surface area contributed by atoms with Gasteiger partial charge in [-0.25, -0.2) is 4.79 Å². The predicted octanol–water partition coefficient (Wildman–Crippen LogP) is 3.39. The molecule has 100 valence electrons. The van der Waals surface area contributed by atoms with Gasteiger partial charge in [0.15, 0.2) is 5.34 Å². The maximum atomic E-state index is 9.84. The molecule has 5 nitrogen and oxygen atoms in total. The quantitative estimate of drug-likeness (QED) is 0.216. The molecule has 0 bridgehead atoms. The van der Waals surface area contributed by atoms with E-state index in [0.717, 1.165) is 18.9 Å². The number of carbonyl (C=O) groups excluding carboxylic acids is 1. The molecular formula is C12H23NO4. The van der Waals surface area contributed by atoms with Gasteiger partial charge in [0.05, 0.1) is 7.11 Å². The van der Waals surface area contributed by atoms with Gasteiger partial charge in [0.1, 0.15) is 6.10 Å². The molecule has 0 aliphatic heterocycles. The standard InChI is InChI=1S/C8H17NO2.C4H6O2/c1-3-4-5-6-7-8(2)11-9-10;1-3-4(5)6-2/h8H,3-7H2,1-2H3;3H,1H2,2H3. The van der Waals surface area contributed by atoms with Crippen LogP contribution in [0.15, 0.2) is 18.0 Å². The van der Waals surface area contributed by atoms with Crippen molar-refractivity contribution in [3.63, 3.8) is 0 Å². The van der Waals surface area contributed by atoms with Crippen molar-refractivity contribution in [1.29, 1.82) is 0 Å². The van der Waals surface area contributed by atoms with E-state index in [2.05, 4.69) is 28.4 Å². The molecule has 1 unspecified atom stereocenters. The van der Waals surface area contributed by atoms with Crippen LogP contribution in [0.5, 0.6) is 0 Å². The van der Waals surface area contributed by atoms with Crippen molar-refractivity contribution in [2.75, 3.05) is 7.11 Å². The van der Waals surface area contributed by atoms with Gasteiger partial charge < -0.3 is 9.57 Å². The molecule has 1 atom stereocenters. The van der Waals surface area contributed by atoms with Crippen LogP contribution in [0.4, 0.5) is 0 Å². The lowest BCUT2D eigenvalue weighted by Crippen LogP contribution is -2.02. The van der Waals surface area contributed by atoms with E-state index in [-0.39, 0.29) is 6.10 Å². The van der Waals surface area contributed by atoms with Gasteiger partial charge in [0, 0.05) is 6.08 Å². The molecule has 0 aliphatic carbocycles. The van der Waals surface area contributed by atoms with Crippen LogP contribution in [0.3, 0.4) is 0 Å². The first-order valence-electron chi connectivity index (χ1n) is 5.81. The van der Waals surface area contributed by atoms with Gasteiger partial charge in [-0.3, -0.25) is 0 Å². The minimum atomic E-state index is -0.394. The summed E-state index contributed by atoms with van der Waals surface area (Å²) in [6, 6.07) is 0. The lowest BCUT2D eigenvalue weighted by molar-refractivity contribution is -0.134. The number of nitrogens with zero attached hydrogens (tertiary/aromatic N) is 1. The zero-order valence-corrected chi connectivity index (χ0v) is 11.0. The van der Waals surface area contributed by atoms with E-state index in [1.807, 2.05) is 6.92 Å². The first kappa shape index (κ1) is 18.0. The molecule has 0 rings (SSSR count). The second-order valence-corrected chi connectivity index (χ2v) is 3.57. The van der Waals surface area contributed by atoms with Gasteiger partial charge >= 0.3 is 5.97 Å². The highest BCUT2D eigenvalue weighted by atomic mass is 16.7.